The van der Waals surface area contributed by atoms with E-state index in [1.165, 1.54) is 12.1 Å². The summed E-state index contributed by atoms with van der Waals surface area (Å²) < 4.78 is 24.1. The molecule has 2 rings (SSSR count). The summed E-state index contributed by atoms with van der Waals surface area (Å²) in [6.45, 7) is 4.91. The molecule has 148 valence electrons. The maximum atomic E-state index is 12.9. The van der Waals surface area contributed by atoms with Gasteiger partial charge >= 0.3 is 0 Å². The average Bonchev–Trinajstić information content (AvgIpc) is 2.66. The molecule has 0 spiro atoms. The Morgan fingerprint density at radius 3 is 2.56 bits per heavy atom. The van der Waals surface area contributed by atoms with Gasteiger partial charge in [0.15, 0.2) is 5.96 Å². The molecule has 0 aliphatic carbocycles. The van der Waals surface area contributed by atoms with Crippen LogP contribution in [0.2, 0.25) is 0 Å². The van der Waals surface area contributed by atoms with Crippen molar-refractivity contribution in [2.24, 2.45) is 4.99 Å². The molecule has 1 aromatic carbocycles. The van der Waals surface area contributed by atoms with Crippen molar-refractivity contribution in [2.45, 2.75) is 6.92 Å². The third-order valence-corrected chi connectivity index (χ3v) is 3.46. The number of rotatable bonds is 9. The molecule has 6 nitrogen and oxygen atoms in total. The molecule has 0 fully saturated rings. The molecule has 0 atom stereocenters. The summed E-state index contributed by atoms with van der Waals surface area (Å²) in [5.74, 6) is 1.88. The summed E-state index contributed by atoms with van der Waals surface area (Å²) in [6, 6.07) is 9.69. The van der Waals surface area contributed by atoms with Crippen molar-refractivity contribution in [3.8, 4) is 11.5 Å². The minimum Gasteiger partial charge on any atom is -0.492 e. The molecule has 0 amide bonds. The van der Waals surface area contributed by atoms with E-state index in [9.17, 15) is 4.39 Å². The van der Waals surface area contributed by atoms with E-state index in [1.807, 2.05) is 31.0 Å². The van der Waals surface area contributed by atoms with Gasteiger partial charge in [-0.25, -0.2) is 9.38 Å². The molecule has 0 aliphatic rings. The van der Waals surface area contributed by atoms with Gasteiger partial charge < -0.3 is 19.7 Å². The molecule has 0 bridgehead atoms. The van der Waals surface area contributed by atoms with Crippen molar-refractivity contribution in [1.82, 2.24) is 15.2 Å². The number of hydrogen-bond acceptors (Lipinski definition) is 4. The third-order valence-electron chi connectivity index (χ3n) is 3.46. The first-order valence-electron chi connectivity index (χ1n) is 8.59. The second-order valence-corrected chi connectivity index (χ2v) is 5.50. The Balaban J connectivity index is 0.00000364. The smallest absolute Gasteiger partial charge is 0.193 e. The second-order valence-electron chi connectivity index (χ2n) is 5.50. The van der Waals surface area contributed by atoms with Crippen LogP contribution in [0.4, 0.5) is 4.39 Å². The van der Waals surface area contributed by atoms with Gasteiger partial charge in [-0.05, 0) is 43.3 Å². The number of halogens is 2. The number of nitrogens with one attached hydrogen (secondary N) is 1. The molecule has 8 heteroatoms. The van der Waals surface area contributed by atoms with Crippen LogP contribution in [0.5, 0.6) is 11.5 Å². The fraction of sp³-hybridized carbons (Fsp3) is 0.368. The van der Waals surface area contributed by atoms with Crippen LogP contribution in [0.15, 0.2) is 53.8 Å². The fourth-order valence-corrected chi connectivity index (χ4v) is 2.15. The number of aliphatic imine (C=N–C) groups is 1. The Hall–Kier alpha value is -2.10. The van der Waals surface area contributed by atoms with E-state index in [0.717, 1.165) is 18.3 Å². The zero-order chi connectivity index (χ0) is 18.6. The quantitative estimate of drug-likeness (QED) is 0.254. The van der Waals surface area contributed by atoms with Gasteiger partial charge in [0.25, 0.3) is 0 Å². The maximum absolute atomic E-state index is 12.9. The first-order valence-corrected chi connectivity index (χ1v) is 8.59. The second kappa shape index (κ2) is 13.1. The lowest BCUT2D eigenvalue weighted by molar-refractivity contribution is 0.280. The zero-order valence-electron chi connectivity index (χ0n) is 15.6. The molecule has 2 aromatic rings. The van der Waals surface area contributed by atoms with Crippen molar-refractivity contribution < 1.29 is 13.9 Å². The Bertz CT molecular complexity index is 671. The molecule has 0 saturated heterocycles. The van der Waals surface area contributed by atoms with E-state index in [2.05, 4.69) is 15.3 Å². The van der Waals surface area contributed by atoms with Gasteiger partial charge in [-0.3, -0.25) is 4.98 Å². The SMILES string of the molecule is CCNC(=NCCOc1cccnc1)N(C)CCOc1ccc(F)cc1.I. The highest BCUT2D eigenvalue weighted by Crippen LogP contribution is 2.10. The van der Waals surface area contributed by atoms with E-state index in [0.29, 0.717) is 32.1 Å². The van der Waals surface area contributed by atoms with E-state index < -0.39 is 0 Å². The monoisotopic (exact) mass is 488 g/mol. The highest BCUT2D eigenvalue weighted by molar-refractivity contribution is 14.0. The summed E-state index contributed by atoms with van der Waals surface area (Å²) >= 11 is 0. The summed E-state index contributed by atoms with van der Waals surface area (Å²) in [4.78, 5) is 10.5. The number of guanidine groups is 1. The van der Waals surface area contributed by atoms with E-state index >= 15 is 0 Å². The van der Waals surface area contributed by atoms with Crippen molar-refractivity contribution >= 4 is 29.9 Å². The van der Waals surface area contributed by atoms with Gasteiger partial charge in [0, 0.05) is 19.8 Å². The van der Waals surface area contributed by atoms with Gasteiger partial charge in [0.05, 0.1) is 19.3 Å². The molecule has 27 heavy (non-hydrogen) atoms. The molecular weight excluding hydrogens is 462 g/mol. The van der Waals surface area contributed by atoms with Crippen molar-refractivity contribution in [2.75, 3.05) is 39.9 Å². The first-order chi connectivity index (χ1) is 12.7. The Kier molecular flexibility index (Phi) is 11.2. The predicted octanol–water partition coefficient (Wildman–Crippen LogP) is 3.19. The fourth-order valence-electron chi connectivity index (χ4n) is 2.15. The Morgan fingerprint density at radius 2 is 1.89 bits per heavy atom. The van der Waals surface area contributed by atoms with Gasteiger partial charge in [-0.2, -0.15) is 0 Å². The largest absolute Gasteiger partial charge is 0.492 e. The minimum absolute atomic E-state index is 0. The molecule has 1 aromatic heterocycles. The van der Waals surface area contributed by atoms with Crippen LogP contribution < -0.4 is 14.8 Å². The van der Waals surface area contributed by atoms with Gasteiger partial charge in [-0.15, -0.1) is 24.0 Å². The highest BCUT2D eigenvalue weighted by atomic mass is 127. The summed E-state index contributed by atoms with van der Waals surface area (Å²) in [7, 11) is 1.94. The normalized spacial score (nSPS) is 10.7. The van der Waals surface area contributed by atoms with Crippen molar-refractivity contribution in [1.29, 1.82) is 0 Å². The molecular formula is C19H26FIN4O2. The first kappa shape index (κ1) is 22.9. The maximum Gasteiger partial charge on any atom is 0.193 e. The van der Waals surface area contributed by atoms with Crippen molar-refractivity contribution in [3.05, 3.63) is 54.6 Å². The van der Waals surface area contributed by atoms with Gasteiger partial charge in [0.2, 0.25) is 0 Å². The lowest BCUT2D eigenvalue weighted by Crippen LogP contribution is -2.41. The van der Waals surface area contributed by atoms with Crippen LogP contribution in [-0.2, 0) is 0 Å². The van der Waals surface area contributed by atoms with Gasteiger partial charge in [0.1, 0.15) is 30.5 Å². The van der Waals surface area contributed by atoms with Crippen LogP contribution in [0.3, 0.4) is 0 Å². The number of pyridine rings is 1. The number of likely N-dealkylation sites (N-methyl/N-ethyl adjacent to an activating group) is 1. The van der Waals surface area contributed by atoms with Crippen LogP contribution in [0.1, 0.15) is 6.92 Å². The topological polar surface area (TPSA) is 59.0 Å². The van der Waals surface area contributed by atoms with Crippen LogP contribution in [0.25, 0.3) is 0 Å². The van der Waals surface area contributed by atoms with Crippen LogP contribution in [-0.4, -0.2) is 55.7 Å². The molecule has 0 radical (unpaired) electrons. The highest BCUT2D eigenvalue weighted by Gasteiger charge is 2.06. The molecule has 0 aliphatic heterocycles. The number of aromatic nitrogens is 1. The summed E-state index contributed by atoms with van der Waals surface area (Å²) in [5, 5.41) is 3.24. The van der Waals surface area contributed by atoms with E-state index in [4.69, 9.17) is 9.47 Å². The number of ether oxygens (including phenoxy) is 2. The van der Waals surface area contributed by atoms with Gasteiger partial charge in [-0.1, -0.05) is 0 Å². The lowest BCUT2D eigenvalue weighted by Gasteiger charge is -2.22. The average molecular weight is 488 g/mol. The predicted molar refractivity (Wildman–Crippen MR) is 116 cm³/mol. The number of benzene rings is 1. The number of hydrogen-bond donors (Lipinski definition) is 1. The Morgan fingerprint density at radius 1 is 1.15 bits per heavy atom. The third kappa shape index (κ3) is 8.89. The molecule has 1 N–H and O–H groups in total. The molecule has 0 unspecified atom stereocenters. The van der Waals surface area contributed by atoms with Crippen LogP contribution >= 0.6 is 24.0 Å². The molecule has 1 heterocycles. The summed E-state index contributed by atoms with van der Waals surface area (Å²) in [5.41, 5.74) is 0. The molecule has 0 saturated carbocycles. The minimum atomic E-state index is -0.274. The van der Waals surface area contributed by atoms with Crippen molar-refractivity contribution in [3.63, 3.8) is 0 Å². The van der Waals surface area contributed by atoms with E-state index in [1.54, 1.807) is 24.5 Å². The lowest BCUT2D eigenvalue weighted by atomic mass is 10.3. The zero-order valence-corrected chi connectivity index (χ0v) is 17.9. The van der Waals surface area contributed by atoms with Crippen LogP contribution in [0, 0.1) is 5.82 Å². The number of nitrogens with zero attached hydrogens (tertiary/aromatic N) is 3. The Labute approximate surface area is 176 Å². The summed E-state index contributed by atoms with van der Waals surface area (Å²) in [6.07, 6.45) is 3.38. The van der Waals surface area contributed by atoms with E-state index in [-0.39, 0.29) is 29.8 Å². The standard InChI is InChI=1S/C19H25FN4O2.HI/c1-3-22-19(23-11-13-25-18-5-4-10-21-15-18)24(2)12-14-26-17-8-6-16(20)7-9-17;/h4-10,15H,3,11-14H2,1-2H3,(H,22,23);1H.